The molecule has 0 spiro atoms. The molecule has 0 bridgehead atoms. The van der Waals surface area contributed by atoms with E-state index in [0.29, 0.717) is 5.56 Å². The fourth-order valence-electron chi connectivity index (χ4n) is 2.07. The number of nitrogens with two attached hydrogens (primary N) is 1. The lowest BCUT2D eigenvalue weighted by atomic mass is 10.1. The minimum atomic E-state index is -3.65. The molecule has 0 aliphatic heterocycles. The summed E-state index contributed by atoms with van der Waals surface area (Å²) in [5.74, 6) is 0. The monoisotopic (exact) mass is 368 g/mol. The number of nitrogen functional groups attached to an aromatic ring is 1. The summed E-state index contributed by atoms with van der Waals surface area (Å²) in [5.41, 5.74) is 8.55. The van der Waals surface area contributed by atoms with E-state index in [1.54, 1.807) is 13.0 Å². The first-order chi connectivity index (χ1) is 9.81. The molecule has 0 aliphatic rings. The third-order valence-corrected chi connectivity index (χ3v) is 5.43. The van der Waals surface area contributed by atoms with Gasteiger partial charge in [0.05, 0.1) is 5.69 Å². The van der Waals surface area contributed by atoms with Crippen molar-refractivity contribution >= 4 is 31.6 Å². The summed E-state index contributed by atoms with van der Waals surface area (Å²) in [5, 5.41) is 0. The Kier molecular flexibility index (Phi) is 4.70. The van der Waals surface area contributed by atoms with Crippen molar-refractivity contribution in [1.29, 1.82) is 0 Å². The molecule has 0 unspecified atom stereocenters. The number of aryl methyl sites for hydroxylation is 1. The van der Waals surface area contributed by atoms with Gasteiger partial charge in [-0.3, -0.25) is 0 Å². The van der Waals surface area contributed by atoms with Crippen LogP contribution in [0.5, 0.6) is 0 Å². The topological polar surface area (TPSA) is 72.2 Å². The second kappa shape index (κ2) is 6.17. The van der Waals surface area contributed by atoms with Crippen molar-refractivity contribution < 1.29 is 8.42 Å². The number of benzene rings is 2. The second-order valence-electron chi connectivity index (χ2n) is 4.88. The number of anilines is 1. The lowest BCUT2D eigenvalue weighted by Crippen LogP contribution is -2.25. The zero-order valence-electron chi connectivity index (χ0n) is 11.9. The van der Waals surface area contributed by atoms with Gasteiger partial charge < -0.3 is 5.73 Å². The fraction of sp³-hybridized carbons (Fsp3) is 0.200. The van der Waals surface area contributed by atoms with Crippen LogP contribution >= 0.6 is 15.9 Å². The Morgan fingerprint density at radius 3 is 2.57 bits per heavy atom. The molecule has 0 aromatic heterocycles. The summed E-state index contributed by atoms with van der Waals surface area (Å²) in [7, 11) is -3.65. The van der Waals surface area contributed by atoms with Gasteiger partial charge in [0.25, 0.3) is 0 Å². The summed E-state index contributed by atoms with van der Waals surface area (Å²) < 4.78 is 28.5. The highest BCUT2D eigenvalue weighted by molar-refractivity contribution is 9.10. The van der Waals surface area contributed by atoms with Crippen molar-refractivity contribution in [2.75, 3.05) is 5.73 Å². The smallest absolute Gasteiger partial charge is 0.243 e. The molecule has 0 fully saturated rings. The van der Waals surface area contributed by atoms with E-state index in [1.165, 1.54) is 0 Å². The molecule has 0 atom stereocenters. The highest BCUT2D eigenvalue weighted by atomic mass is 79.9. The van der Waals surface area contributed by atoms with Gasteiger partial charge in [-0.1, -0.05) is 34.1 Å². The van der Waals surface area contributed by atoms with E-state index in [0.717, 1.165) is 15.6 Å². The van der Waals surface area contributed by atoms with Crippen LogP contribution in [0.4, 0.5) is 5.69 Å². The van der Waals surface area contributed by atoms with Crippen LogP contribution in [0.3, 0.4) is 0 Å². The van der Waals surface area contributed by atoms with Crippen molar-refractivity contribution in [3.05, 3.63) is 57.6 Å². The average Bonchev–Trinajstić information content (AvgIpc) is 2.41. The molecule has 0 aliphatic carbocycles. The van der Waals surface area contributed by atoms with Gasteiger partial charge in [0.1, 0.15) is 4.90 Å². The maximum atomic E-state index is 12.5. The van der Waals surface area contributed by atoms with Gasteiger partial charge in [0.15, 0.2) is 0 Å². The Hall–Kier alpha value is -1.37. The molecule has 2 aromatic carbocycles. The largest absolute Gasteiger partial charge is 0.398 e. The molecule has 0 heterocycles. The Balaban J connectivity index is 2.29. The lowest BCUT2D eigenvalue weighted by Gasteiger charge is -2.13. The molecule has 0 amide bonds. The second-order valence-corrected chi connectivity index (χ2v) is 7.50. The van der Waals surface area contributed by atoms with Crippen molar-refractivity contribution in [2.45, 2.75) is 25.3 Å². The van der Waals surface area contributed by atoms with E-state index in [1.807, 2.05) is 37.3 Å². The number of halogens is 1. The molecule has 3 N–H and O–H groups in total. The molecular weight excluding hydrogens is 352 g/mol. The molecule has 2 aromatic rings. The SMILES string of the molecule is Cc1ccc(N)c(S(=O)(=O)NCc2cccc(Br)c2)c1C. The first-order valence-corrected chi connectivity index (χ1v) is 8.68. The Bertz CT molecular complexity index is 773. The first-order valence-electron chi connectivity index (χ1n) is 6.41. The molecule has 4 nitrogen and oxygen atoms in total. The molecular formula is C15H17BrN2O2S. The van der Waals surface area contributed by atoms with Crippen LogP contribution in [-0.2, 0) is 16.6 Å². The van der Waals surface area contributed by atoms with E-state index in [9.17, 15) is 8.42 Å². The van der Waals surface area contributed by atoms with Crippen LogP contribution in [0.2, 0.25) is 0 Å². The maximum Gasteiger partial charge on any atom is 0.243 e. The summed E-state index contributed by atoms with van der Waals surface area (Å²) in [6.45, 7) is 3.84. The van der Waals surface area contributed by atoms with Gasteiger partial charge in [-0.25, -0.2) is 13.1 Å². The minimum absolute atomic E-state index is 0.164. The molecule has 112 valence electrons. The van der Waals surface area contributed by atoms with E-state index < -0.39 is 10.0 Å². The number of hydrogen-bond acceptors (Lipinski definition) is 3. The number of hydrogen-bond donors (Lipinski definition) is 2. The normalized spacial score (nSPS) is 11.6. The summed E-state index contributed by atoms with van der Waals surface area (Å²) >= 11 is 3.36. The van der Waals surface area contributed by atoms with Crippen LogP contribution in [0.15, 0.2) is 45.8 Å². The molecule has 21 heavy (non-hydrogen) atoms. The first kappa shape index (κ1) is 16.0. The quantitative estimate of drug-likeness (QED) is 0.814. The van der Waals surface area contributed by atoms with Crippen LogP contribution in [0.25, 0.3) is 0 Å². The lowest BCUT2D eigenvalue weighted by molar-refractivity contribution is 0.581. The van der Waals surface area contributed by atoms with Gasteiger partial charge in [-0.05, 0) is 48.7 Å². The van der Waals surface area contributed by atoms with Crippen LogP contribution in [-0.4, -0.2) is 8.42 Å². The highest BCUT2D eigenvalue weighted by Crippen LogP contribution is 2.25. The standard InChI is InChI=1S/C15H17BrN2O2S/c1-10-6-7-14(17)15(11(10)2)21(19,20)18-9-12-4-3-5-13(16)8-12/h3-8,18H,9,17H2,1-2H3. The van der Waals surface area contributed by atoms with Gasteiger partial charge in [0.2, 0.25) is 10.0 Å². The van der Waals surface area contributed by atoms with E-state index >= 15 is 0 Å². The van der Waals surface area contributed by atoms with Gasteiger partial charge in [-0.2, -0.15) is 0 Å². The van der Waals surface area contributed by atoms with Crippen molar-refractivity contribution in [3.63, 3.8) is 0 Å². The minimum Gasteiger partial charge on any atom is -0.398 e. The fourth-order valence-corrected chi connectivity index (χ4v) is 3.96. The zero-order chi connectivity index (χ0) is 15.6. The number of nitrogens with one attached hydrogen (secondary N) is 1. The van der Waals surface area contributed by atoms with E-state index in [-0.39, 0.29) is 17.1 Å². The van der Waals surface area contributed by atoms with Gasteiger partial charge in [0, 0.05) is 11.0 Å². The van der Waals surface area contributed by atoms with Crippen LogP contribution < -0.4 is 10.5 Å². The van der Waals surface area contributed by atoms with Crippen molar-refractivity contribution in [1.82, 2.24) is 4.72 Å². The van der Waals surface area contributed by atoms with Gasteiger partial charge >= 0.3 is 0 Å². The maximum absolute atomic E-state index is 12.5. The Morgan fingerprint density at radius 1 is 1.19 bits per heavy atom. The molecule has 0 saturated heterocycles. The molecule has 0 saturated carbocycles. The average molecular weight is 369 g/mol. The third-order valence-electron chi connectivity index (χ3n) is 3.33. The summed E-state index contributed by atoms with van der Waals surface area (Å²) in [6.07, 6.45) is 0. The number of rotatable bonds is 4. The Morgan fingerprint density at radius 2 is 1.90 bits per heavy atom. The van der Waals surface area contributed by atoms with Crippen LogP contribution in [0, 0.1) is 13.8 Å². The molecule has 0 radical (unpaired) electrons. The predicted molar refractivity (Wildman–Crippen MR) is 88.5 cm³/mol. The highest BCUT2D eigenvalue weighted by Gasteiger charge is 2.20. The van der Waals surface area contributed by atoms with Crippen molar-refractivity contribution in [3.8, 4) is 0 Å². The van der Waals surface area contributed by atoms with Crippen molar-refractivity contribution in [2.24, 2.45) is 0 Å². The van der Waals surface area contributed by atoms with Gasteiger partial charge in [-0.15, -0.1) is 0 Å². The number of sulfonamides is 1. The summed E-state index contributed by atoms with van der Waals surface area (Å²) in [4.78, 5) is 0.164. The van der Waals surface area contributed by atoms with Crippen LogP contribution in [0.1, 0.15) is 16.7 Å². The summed E-state index contributed by atoms with van der Waals surface area (Å²) in [6, 6.07) is 10.9. The predicted octanol–water partition coefficient (Wildman–Crippen LogP) is 3.13. The third kappa shape index (κ3) is 3.64. The molecule has 2 rings (SSSR count). The van der Waals surface area contributed by atoms with E-state index in [2.05, 4.69) is 20.7 Å². The Labute approximate surface area is 133 Å². The molecule has 6 heteroatoms. The van der Waals surface area contributed by atoms with E-state index in [4.69, 9.17) is 5.73 Å². The zero-order valence-corrected chi connectivity index (χ0v) is 14.3.